The first-order valence-corrected chi connectivity index (χ1v) is 6.71. The summed E-state index contributed by atoms with van der Waals surface area (Å²) in [5.41, 5.74) is 0. The van der Waals surface area contributed by atoms with Crippen molar-refractivity contribution in [2.45, 2.75) is 4.90 Å². The largest absolute Gasteiger partial charge is 0.286 e. The Hall–Kier alpha value is -0.0800. The topological polar surface area (TPSA) is 46.1 Å². The Morgan fingerprint density at radius 1 is 1.62 bits per heavy atom. The van der Waals surface area contributed by atoms with E-state index < -0.39 is 8.74 Å². The van der Waals surface area contributed by atoms with E-state index in [0.29, 0.717) is 10.8 Å². The van der Waals surface area contributed by atoms with Crippen LogP contribution in [0.1, 0.15) is 0 Å². The number of aromatic nitrogens is 2. The van der Waals surface area contributed by atoms with Gasteiger partial charge in [0.2, 0.25) is 5.95 Å². The van der Waals surface area contributed by atoms with Gasteiger partial charge in [0, 0.05) is 19.4 Å². The molecule has 0 aliphatic heterocycles. The molecule has 0 saturated carbocycles. The molecule has 1 atom stereocenters. The molecule has 0 fully saturated rings. The Morgan fingerprint density at radius 2 is 2.08 bits per heavy atom. The summed E-state index contributed by atoms with van der Waals surface area (Å²) in [7, 11) is 4.60. The van der Waals surface area contributed by atoms with E-state index in [1.807, 2.05) is 22.9 Å². The van der Waals surface area contributed by atoms with Gasteiger partial charge in [0.15, 0.2) is 0 Å². The summed E-state index contributed by atoms with van der Waals surface area (Å²) in [4.78, 5) is 8.24. The molecule has 0 aromatic carbocycles. The predicted octanol–water partition coefficient (Wildman–Crippen LogP) is 1.49. The molecule has 4 nitrogen and oxygen atoms in total. The van der Waals surface area contributed by atoms with E-state index in [1.54, 1.807) is 10.2 Å². The van der Waals surface area contributed by atoms with Gasteiger partial charge in [-0.15, -0.1) is 0 Å². The summed E-state index contributed by atoms with van der Waals surface area (Å²) in [5, 5.41) is 0. The van der Waals surface area contributed by atoms with Gasteiger partial charge < -0.3 is 0 Å². The first-order valence-electron chi connectivity index (χ1n) is 3.19. The van der Waals surface area contributed by atoms with E-state index in [0.717, 1.165) is 0 Å². The van der Waals surface area contributed by atoms with Crippen LogP contribution >= 0.6 is 33.5 Å². The van der Waals surface area contributed by atoms with Crippen molar-refractivity contribution in [2.75, 3.05) is 10.2 Å². The average Bonchev–Trinajstić information content (AvgIpc) is 2.03. The Labute approximate surface area is 95.3 Å². The first-order chi connectivity index (χ1) is 5.91. The number of nitrogens with zero attached hydrogens (tertiary/aromatic N) is 3. The fraction of sp³-hybridized carbons (Fsp3) is 0.167. The highest BCUT2D eigenvalue weighted by atomic mass is 127. The van der Waals surface area contributed by atoms with Crippen LogP contribution in [0.3, 0.4) is 0 Å². The predicted molar refractivity (Wildman–Crippen MR) is 63.8 cm³/mol. The second-order valence-corrected chi connectivity index (χ2v) is 6.89. The summed E-state index contributed by atoms with van der Waals surface area (Å²) < 4.78 is 12.9. The molecule has 1 aromatic heterocycles. The van der Waals surface area contributed by atoms with E-state index in [1.165, 1.54) is 12.4 Å². The van der Waals surface area contributed by atoms with Gasteiger partial charge in [-0.25, -0.2) is 14.2 Å². The van der Waals surface area contributed by atoms with Crippen molar-refractivity contribution in [3.8, 4) is 0 Å². The van der Waals surface area contributed by atoms with E-state index in [4.69, 9.17) is 10.7 Å². The Morgan fingerprint density at radius 3 is 2.38 bits per heavy atom. The highest BCUT2D eigenvalue weighted by Gasteiger charge is 2.06. The average molecular weight is 332 g/mol. The van der Waals surface area contributed by atoms with Crippen molar-refractivity contribution in [3.05, 3.63) is 12.4 Å². The van der Waals surface area contributed by atoms with Gasteiger partial charge >= 0.3 is 0 Å². The van der Waals surface area contributed by atoms with Gasteiger partial charge in [-0.1, -0.05) is 0 Å². The molecule has 0 N–H and O–H groups in total. The van der Waals surface area contributed by atoms with Gasteiger partial charge in [-0.2, -0.15) is 0 Å². The molecular formula is C6H7ClIN3OS. The molecule has 0 saturated heterocycles. The second-order valence-electron chi connectivity index (χ2n) is 2.29. The summed E-state index contributed by atoms with van der Waals surface area (Å²) in [6.07, 6.45) is 2.83. The van der Waals surface area contributed by atoms with Crippen LogP contribution in [0.5, 0.6) is 0 Å². The third-order valence-corrected chi connectivity index (χ3v) is 3.12. The van der Waals surface area contributed by atoms with Crippen molar-refractivity contribution in [2.24, 2.45) is 0 Å². The summed E-state index contributed by atoms with van der Waals surface area (Å²) in [6, 6.07) is 0. The summed E-state index contributed by atoms with van der Waals surface area (Å²) >= 11 is 2.03. The number of rotatable bonds is 2. The van der Waals surface area contributed by atoms with Crippen LogP contribution < -0.4 is 3.11 Å². The van der Waals surface area contributed by atoms with Crippen LogP contribution in [0.15, 0.2) is 17.3 Å². The molecule has 0 aliphatic rings. The van der Waals surface area contributed by atoms with Crippen LogP contribution in [0, 0.1) is 0 Å². The molecule has 1 aromatic rings. The quantitative estimate of drug-likeness (QED) is 0.356. The lowest BCUT2D eigenvalue weighted by atomic mass is 10.7. The number of anilines is 1. The van der Waals surface area contributed by atoms with Crippen molar-refractivity contribution in [3.63, 3.8) is 0 Å². The Kier molecular flexibility index (Phi) is 3.36. The molecule has 1 heterocycles. The minimum Gasteiger partial charge on any atom is -0.286 e. The van der Waals surface area contributed by atoms with Crippen molar-refractivity contribution >= 4 is 54.1 Å². The molecule has 13 heavy (non-hydrogen) atoms. The molecule has 1 unspecified atom stereocenters. The first kappa shape index (κ1) is 11.0. The fourth-order valence-electron chi connectivity index (χ4n) is 0.626. The van der Waals surface area contributed by atoms with E-state index in [-0.39, 0.29) is 0 Å². The highest BCUT2D eigenvalue weighted by Crippen LogP contribution is 2.15. The molecule has 72 valence electrons. The van der Waals surface area contributed by atoms with E-state index >= 15 is 0 Å². The lowest BCUT2D eigenvalue weighted by Gasteiger charge is -2.06. The zero-order chi connectivity index (χ0) is 10.1. The number of halogens is 2. The van der Waals surface area contributed by atoms with Gasteiger partial charge in [-0.05, 0) is 16.6 Å². The maximum Gasteiger partial charge on any atom is 0.233 e. The van der Waals surface area contributed by atoms with Gasteiger partial charge in [0.1, 0.15) is 0 Å². The minimum atomic E-state index is -2.72. The van der Waals surface area contributed by atoms with Crippen LogP contribution in [-0.4, -0.2) is 27.1 Å². The SMILES string of the molecule is C=S(=O)(Cl)c1cnc(N(C)I)nc1. The third-order valence-electron chi connectivity index (χ3n) is 1.24. The van der Waals surface area contributed by atoms with E-state index in [9.17, 15) is 4.21 Å². The molecule has 0 amide bonds. The van der Waals surface area contributed by atoms with Crippen LogP contribution in [0.4, 0.5) is 5.95 Å². The standard InChI is InChI=1S/C6H7ClIN3OS/c1-11(8)6-9-3-5(4-10-6)13(2,7)12/h3-4H,2H2,1H3. The van der Waals surface area contributed by atoms with Crippen LogP contribution in [0.2, 0.25) is 0 Å². The maximum atomic E-state index is 11.2. The smallest absolute Gasteiger partial charge is 0.233 e. The van der Waals surface area contributed by atoms with Crippen LogP contribution in [0.25, 0.3) is 0 Å². The Bertz CT molecular complexity index is 389. The molecule has 7 heteroatoms. The molecule has 0 aliphatic carbocycles. The number of hydrogen-bond donors (Lipinski definition) is 0. The second kappa shape index (κ2) is 3.97. The lowest BCUT2D eigenvalue weighted by Crippen LogP contribution is -2.05. The van der Waals surface area contributed by atoms with Gasteiger partial charge in [0.05, 0.1) is 36.5 Å². The van der Waals surface area contributed by atoms with Gasteiger partial charge in [0.25, 0.3) is 0 Å². The molecular weight excluding hydrogens is 325 g/mol. The highest BCUT2D eigenvalue weighted by molar-refractivity contribution is 14.1. The van der Waals surface area contributed by atoms with Crippen molar-refractivity contribution in [1.82, 2.24) is 9.97 Å². The third kappa shape index (κ3) is 2.96. The minimum absolute atomic E-state index is 0.344. The molecule has 0 bridgehead atoms. The van der Waals surface area contributed by atoms with Crippen molar-refractivity contribution in [1.29, 1.82) is 0 Å². The van der Waals surface area contributed by atoms with Gasteiger partial charge in [-0.3, -0.25) is 3.11 Å². The zero-order valence-electron chi connectivity index (χ0n) is 6.78. The number of hydrogen-bond acceptors (Lipinski definition) is 4. The zero-order valence-corrected chi connectivity index (χ0v) is 10.5. The summed E-state index contributed by atoms with van der Waals surface area (Å²) in [5.74, 6) is 3.84. The van der Waals surface area contributed by atoms with Crippen molar-refractivity contribution < 1.29 is 4.21 Å². The van der Waals surface area contributed by atoms with Crippen LogP contribution in [-0.2, 0) is 8.74 Å². The molecule has 0 spiro atoms. The van der Waals surface area contributed by atoms with E-state index in [2.05, 4.69) is 15.8 Å². The molecule has 0 radical (unpaired) electrons. The lowest BCUT2D eigenvalue weighted by molar-refractivity contribution is 0.689. The monoisotopic (exact) mass is 331 g/mol. The molecule has 1 rings (SSSR count). The fourth-order valence-corrected chi connectivity index (χ4v) is 1.53. The normalized spacial score (nSPS) is 15.0. The Balaban J connectivity index is 3.08. The summed E-state index contributed by atoms with van der Waals surface area (Å²) in [6.45, 7) is 0. The maximum absolute atomic E-state index is 11.2.